The van der Waals surface area contributed by atoms with Crippen molar-refractivity contribution in [1.82, 2.24) is 10.3 Å². The van der Waals surface area contributed by atoms with Crippen molar-refractivity contribution in [3.8, 4) is 0 Å². The molecule has 0 unspecified atom stereocenters. The van der Waals surface area contributed by atoms with Gasteiger partial charge in [0.25, 0.3) is 0 Å². The standard InChI is InChI=1S/C18H27N3O/c1-12(2)9-14-16(18(14,3)4)17(22)20-11-13-7-8-15(19-10-13)21(5)6/h7-10,14,16H,11H2,1-6H3,(H,20,22)/t14-,16-/m0/s1. The van der Waals surface area contributed by atoms with Gasteiger partial charge in [-0.25, -0.2) is 4.98 Å². The van der Waals surface area contributed by atoms with Crippen LogP contribution in [0.4, 0.5) is 5.82 Å². The second-order valence-corrected chi connectivity index (χ2v) is 7.21. The topological polar surface area (TPSA) is 45.2 Å². The quantitative estimate of drug-likeness (QED) is 0.850. The maximum absolute atomic E-state index is 12.4. The number of carbonyl (C=O) groups excluding carboxylic acids is 1. The molecule has 4 heteroatoms. The number of hydrogen-bond acceptors (Lipinski definition) is 3. The van der Waals surface area contributed by atoms with E-state index in [0.717, 1.165) is 11.4 Å². The van der Waals surface area contributed by atoms with E-state index in [9.17, 15) is 4.79 Å². The lowest BCUT2D eigenvalue weighted by molar-refractivity contribution is -0.123. The van der Waals surface area contributed by atoms with Gasteiger partial charge in [-0.05, 0) is 36.8 Å². The Hall–Kier alpha value is -1.84. The average Bonchev–Trinajstić information content (AvgIpc) is 2.96. The Balaban J connectivity index is 1.92. The normalized spacial score (nSPS) is 21.9. The van der Waals surface area contributed by atoms with Crippen LogP contribution >= 0.6 is 0 Å². The molecular weight excluding hydrogens is 274 g/mol. The Morgan fingerprint density at radius 1 is 1.36 bits per heavy atom. The Morgan fingerprint density at radius 2 is 2.05 bits per heavy atom. The van der Waals surface area contributed by atoms with Crippen LogP contribution in [0.15, 0.2) is 30.0 Å². The summed E-state index contributed by atoms with van der Waals surface area (Å²) >= 11 is 0. The van der Waals surface area contributed by atoms with Crippen LogP contribution in [0.25, 0.3) is 0 Å². The second-order valence-electron chi connectivity index (χ2n) is 7.21. The molecule has 1 amide bonds. The van der Waals surface area contributed by atoms with Gasteiger partial charge in [0.1, 0.15) is 5.82 Å². The molecule has 4 nitrogen and oxygen atoms in total. The molecule has 0 radical (unpaired) electrons. The molecule has 1 aliphatic rings. The number of hydrogen-bond donors (Lipinski definition) is 1. The summed E-state index contributed by atoms with van der Waals surface area (Å²) in [5.41, 5.74) is 2.36. The summed E-state index contributed by atoms with van der Waals surface area (Å²) in [6, 6.07) is 3.97. The number of amides is 1. The fraction of sp³-hybridized carbons (Fsp3) is 0.556. The number of anilines is 1. The SMILES string of the molecule is CC(C)=C[C@H]1[C@@H](C(=O)NCc2ccc(N(C)C)nc2)C1(C)C. The highest BCUT2D eigenvalue weighted by Gasteiger charge is 2.60. The molecular formula is C18H27N3O. The third-order valence-corrected chi connectivity index (χ3v) is 4.44. The number of carbonyl (C=O) groups is 1. The van der Waals surface area contributed by atoms with Crippen molar-refractivity contribution >= 4 is 11.7 Å². The molecule has 0 aliphatic heterocycles. The predicted molar refractivity (Wildman–Crippen MR) is 90.6 cm³/mol. The van der Waals surface area contributed by atoms with E-state index < -0.39 is 0 Å². The first-order valence-corrected chi connectivity index (χ1v) is 7.78. The molecule has 120 valence electrons. The third kappa shape index (κ3) is 3.49. The lowest BCUT2D eigenvalue weighted by Crippen LogP contribution is -2.26. The van der Waals surface area contributed by atoms with Gasteiger partial charge in [-0.15, -0.1) is 0 Å². The minimum atomic E-state index is 0.0639. The lowest BCUT2D eigenvalue weighted by Gasteiger charge is -2.11. The Bertz CT molecular complexity index is 568. The third-order valence-electron chi connectivity index (χ3n) is 4.44. The number of nitrogens with one attached hydrogen (secondary N) is 1. The second kappa shape index (κ2) is 6.11. The number of allylic oxidation sites excluding steroid dienone is 2. The lowest BCUT2D eigenvalue weighted by atomic mass is 10.1. The summed E-state index contributed by atoms with van der Waals surface area (Å²) in [5, 5.41) is 3.05. The van der Waals surface area contributed by atoms with Gasteiger partial charge < -0.3 is 10.2 Å². The highest BCUT2D eigenvalue weighted by atomic mass is 16.2. The molecule has 1 saturated carbocycles. The van der Waals surface area contributed by atoms with E-state index >= 15 is 0 Å². The van der Waals surface area contributed by atoms with Crippen LogP contribution in [-0.4, -0.2) is 25.0 Å². The number of nitrogens with zero attached hydrogens (tertiary/aromatic N) is 2. The largest absolute Gasteiger partial charge is 0.363 e. The fourth-order valence-corrected chi connectivity index (χ4v) is 2.93. The van der Waals surface area contributed by atoms with Crippen LogP contribution in [0.1, 0.15) is 33.3 Å². The van der Waals surface area contributed by atoms with Crippen LogP contribution in [0, 0.1) is 17.3 Å². The van der Waals surface area contributed by atoms with Crippen LogP contribution < -0.4 is 10.2 Å². The molecule has 1 aliphatic carbocycles. The summed E-state index contributed by atoms with van der Waals surface area (Å²) in [5.74, 6) is 1.49. The zero-order valence-electron chi connectivity index (χ0n) is 14.5. The van der Waals surface area contributed by atoms with Crippen molar-refractivity contribution in [3.05, 3.63) is 35.5 Å². The van der Waals surface area contributed by atoms with E-state index in [-0.39, 0.29) is 17.2 Å². The van der Waals surface area contributed by atoms with Gasteiger partial charge in [0.2, 0.25) is 5.91 Å². The minimum Gasteiger partial charge on any atom is -0.363 e. The Kier molecular flexibility index (Phi) is 4.59. The van der Waals surface area contributed by atoms with Crippen molar-refractivity contribution in [3.63, 3.8) is 0 Å². The van der Waals surface area contributed by atoms with E-state index in [1.54, 1.807) is 0 Å². The van der Waals surface area contributed by atoms with E-state index in [2.05, 4.69) is 44.1 Å². The average molecular weight is 301 g/mol. The van der Waals surface area contributed by atoms with Gasteiger partial charge >= 0.3 is 0 Å². The smallest absolute Gasteiger partial charge is 0.224 e. The molecule has 1 aromatic rings. The predicted octanol–water partition coefficient (Wildman–Crippen LogP) is 3.00. The van der Waals surface area contributed by atoms with E-state index in [4.69, 9.17) is 0 Å². The molecule has 2 rings (SSSR count). The fourth-order valence-electron chi connectivity index (χ4n) is 2.93. The first-order chi connectivity index (χ1) is 10.2. The van der Waals surface area contributed by atoms with Gasteiger partial charge in [-0.2, -0.15) is 0 Å². The van der Waals surface area contributed by atoms with Crippen LogP contribution in [0.2, 0.25) is 0 Å². The van der Waals surface area contributed by atoms with Gasteiger partial charge in [0.05, 0.1) is 5.92 Å². The molecule has 1 aromatic heterocycles. The maximum Gasteiger partial charge on any atom is 0.224 e. The molecule has 0 bridgehead atoms. The van der Waals surface area contributed by atoms with Crippen LogP contribution in [-0.2, 0) is 11.3 Å². The number of rotatable bonds is 5. The van der Waals surface area contributed by atoms with Crippen LogP contribution in [0.3, 0.4) is 0 Å². The van der Waals surface area contributed by atoms with Gasteiger partial charge in [0, 0.05) is 26.8 Å². The van der Waals surface area contributed by atoms with Gasteiger partial charge in [-0.1, -0.05) is 31.6 Å². The summed E-state index contributed by atoms with van der Waals surface area (Å²) in [4.78, 5) is 18.7. The summed E-state index contributed by atoms with van der Waals surface area (Å²) in [6.07, 6.45) is 4.04. The molecule has 0 spiro atoms. The highest BCUT2D eigenvalue weighted by molar-refractivity contribution is 5.83. The Morgan fingerprint density at radius 3 is 2.55 bits per heavy atom. The van der Waals surface area contributed by atoms with E-state index in [1.165, 1.54) is 5.57 Å². The molecule has 0 saturated heterocycles. The van der Waals surface area contributed by atoms with E-state index in [0.29, 0.717) is 12.5 Å². The van der Waals surface area contributed by atoms with E-state index in [1.807, 2.05) is 37.3 Å². The van der Waals surface area contributed by atoms with Crippen molar-refractivity contribution in [2.75, 3.05) is 19.0 Å². The minimum absolute atomic E-state index is 0.0639. The summed E-state index contributed by atoms with van der Waals surface area (Å²) in [6.45, 7) is 9.03. The van der Waals surface area contributed by atoms with Crippen LogP contribution in [0.5, 0.6) is 0 Å². The van der Waals surface area contributed by atoms with Crippen molar-refractivity contribution < 1.29 is 4.79 Å². The first kappa shape index (κ1) is 16.5. The number of aromatic nitrogens is 1. The zero-order chi connectivity index (χ0) is 16.5. The van der Waals surface area contributed by atoms with Crippen molar-refractivity contribution in [1.29, 1.82) is 0 Å². The first-order valence-electron chi connectivity index (χ1n) is 7.78. The van der Waals surface area contributed by atoms with Crippen molar-refractivity contribution in [2.45, 2.75) is 34.2 Å². The molecule has 0 aromatic carbocycles. The molecule has 1 heterocycles. The van der Waals surface area contributed by atoms with Crippen molar-refractivity contribution in [2.24, 2.45) is 17.3 Å². The summed E-state index contributed by atoms with van der Waals surface area (Å²) in [7, 11) is 3.92. The highest BCUT2D eigenvalue weighted by Crippen LogP contribution is 2.59. The maximum atomic E-state index is 12.4. The molecule has 1 fully saturated rings. The molecule has 22 heavy (non-hydrogen) atoms. The Labute approximate surface area is 133 Å². The molecule has 1 N–H and O–H groups in total. The monoisotopic (exact) mass is 301 g/mol. The van der Waals surface area contributed by atoms with Gasteiger partial charge in [0.15, 0.2) is 0 Å². The molecule has 2 atom stereocenters. The zero-order valence-corrected chi connectivity index (χ0v) is 14.5. The summed E-state index contributed by atoms with van der Waals surface area (Å²) < 4.78 is 0. The van der Waals surface area contributed by atoms with Gasteiger partial charge in [-0.3, -0.25) is 4.79 Å². The number of pyridine rings is 1.